The molecular formula is C18H17NO3S. The molecule has 1 heterocycles. The van der Waals surface area contributed by atoms with Crippen LogP contribution in [0.15, 0.2) is 53.4 Å². The molecule has 0 aromatic heterocycles. The molecule has 0 radical (unpaired) electrons. The lowest BCUT2D eigenvalue weighted by atomic mass is 10.1. The van der Waals surface area contributed by atoms with Crippen LogP contribution in [-0.2, 0) is 16.0 Å². The Morgan fingerprint density at radius 1 is 1.17 bits per heavy atom. The molecule has 1 N–H and O–H groups in total. The highest BCUT2D eigenvalue weighted by atomic mass is 32.2. The Hall–Kier alpha value is -2.27. The lowest BCUT2D eigenvalue weighted by molar-refractivity contribution is -0.115. The molecule has 118 valence electrons. The number of ether oxygens (including phenoxy) is 1. The quantitative estimate of drug-likeness (QED) is 0.873. The summed E-state index contributed by atoms with van der Waals surface area (Å²) < 4.78 is 4.94. The second kappa shape index (κ2) is 6.87. The number of rotatable bonds is 4. The van der Waals surface area contributed by atoms with Gasteiger partial charge >= 0.3 is 5.97 Å². The van der Waals surface area contributed by atoms with Gasteiger partial charge in [0.15, 0.2) is 0 Å². The summed E-state index contributed by atoms with van der Waals surface area (Å²) in [5, 5.41) is 2.79. The van der Waals surface area contributed by atoms with Crippen molar-refractivity contribution < 1.29 is 14.3 Å². The lowest BCUT2D eigenvalue weighted by Gasteiger charge is -2.10. The molecule has 1 aliphatic rings. The Labute approximate surface area is 139 Å². The maximum Gasteiger partial charge on any atom is 0.338 e. The van der Waals surface area contributed by atoms with Gasteiger partial charge < -0.3 is 10.1 Å². The van der Waals surface area contributed by atoms with Gasteiger partial charge in [0.1, 0.15) is 0 Å². The standard InChI is InChI=1S/C18H17NO3S/c1-2-22-18(21)12-7-9-14(10-8-12)19-17(20)16-11-13-5-3-4-6-15(13)23-16/h3-10,16H,2,11H2,1H3,(H,19,20). The maximum atomic E-state index is 12.4. The molecule has 4 nitrogen and oxygen atoms in total. The molecule has 0 spiro atoms. The van der Waals surface area contributed by atoms with Crippen LogP contribution in [0, 0.1) is 0 Å². The zero-order chi connectivity index (χ0) is 16.2. The fourth-order valence-electron chi connectivity index (χ4n) is 2.46. The molecule has 1 aliphatic heterocycles. The van der Waals surface area contributed by atoms with Crippen molar-refractivity contribution in [2.24, 2.45) is 0 Å². The predicted molar refractivity (Wildman–Crippen MR) is 90.8 cm³/mol. The topological polar surface area (TPSA) is 55.4 Å². The van der Waals surface area contributed by atoms with Crippen LogP contribution in [0.1, 0.15) is 22.8 Å². The monoisotopic (exact) mass is 327 g/mol. The largest absolute Gasteiger partial charge is 0.462 e. The van der Waals surface area contributed by atoms with Crippen molar-refractivity contribution >= 4 is 29.3 Å². The van der Waals surface area contributed by atoms with Gasteiger partial charge in [-0.1, -0.05) is 18.2 Å². The molecule has 0 saturated heterocycles. The number of nitrogens with one attached hydrogen (secondary N) is 1. The molecule has 3 rings (SSSR count). The van der Waals surface area contributed by atoms with Crippen LogP contribution in [0.25, 0.3) is 0 Å². The van der Waals surface area contributed by atoms with Crippen LogP contribution in [-0.4, -0.2) is 23.7 Å². The first-order valence-electron chi connectivity index (χ1n) is 7.50. The van der Waals surface area contributed by atoms with Crippen molar-refractivity contribution in [2.45, 2.75) is 23.5 Å². The van der Waals surface area contributed by atoms with E-state index in [1.165, 1.54) is 10.5 Å². The first kappa shape index (κ1) is 15.6. The Morgan fingerprint density at radius 3 is 2.61 bits per heavy atom. The van der Waals surface area contributed by atoms with Gasteiger partial charge in [0, 0.05) is 10.6 Å². The van der Waals surface area contributed by atoms with E-state index < -0.39 is 0 Å². The maximum absolute atomic E-state index is 12.4. The van der Waals surface area contributed by atoms with Gasteiger partial charge in [-0.05, 0) is 49.2 Å². The van der Waals surface area contributed by atoms with Crippen molar-refractivity contribution in [3.63, 3.8) is 0 Å². The number of fused-ring (bicyclic) bond motifs is 1. The normalized spacial score (nSPS) is 15.8. The van der Waals surface area contributed by atoms with E-state index in [1.54, 1.807) is 43.0 Å². The van der Waals surface area contributed by atoms with Crippen LogP contribution in [0.4, 0.5) is 5.69 Å². The van der Waals surface area contributed by atoms with Crippen molar-refractivity contribution in [3.8, 4) is 0 Å². The number of amides is 1. The summed E-state index contributed by atoms with van der Waals surface area (Å²) in [6.07, 6.45) is 0.744. The Morgan fingerprint density at radius 2 is 1.91 bits per heavy atom. The summed E-state index contributed by atoms with van der Waals surface area (Å²) in [5.74, 6) is -0.373. The smallest absolute Gasteiger partial charge is 0.338 e. The number of hydrogen-bond donors (Lipinski definition) is 1. The number of benzene rings is 2. The van der Waals surface area contributed by atoms with Crippen LogP contribution in [0.3, 0.4) is 0 Å². The molecule has 0 bridgehead atoms. The molecule has 0 fully saturated rings. The molecular weight excluding hydrogens is 310 g/mol. The molecule has 23 heavy (non-hydrogen) atoms. The fourth-order valence-corrected chi connectivity index (χ4v) is 3.65. The second-order valence-electron chi connectivity index (χ2n) is 5.21. The molecule has 1 atom stereocenters. The highest BCUT2D eigenvalue weighted by molar-refractivity contribution is 8.01. The minimum Gasteiger partial charge on any atom is -0.462 e. The van der Waals surface area contributed by atoms with E-state index in [9.17, 15) is 9.59 Å². The molecule has 2 aromatic carbocycles. The van der Waals surface area contributed by atoms with Crippen molar-refractivity contribution in [3.05, 3.63) is 59.7 Å². The average molecular weight is 327 g/mol. The Kier molecular flexibility index (Phi) is 4.67. The Bertz CT molecular complexity index is 702. The van der Waals surface area contributed by atoms with E-state index in [2.05, 4.69) is 11.4 Å². The van der Waals surface area contributed by atoms with E-state index in [1.807, 2.05) is 18.2 Å². The average Bonchev–Trinajstić information content (AvgIpc) is 3.00. The third-order valence-corrected chi connectivity index (χ3v) is 4.92. The molecule has 1 unspecified atom stereocenters. The minimum atomic E-state index is -0.354. The Balaban J connectivity index is 1.62. The van der Waals surface area contributed by atoms with Gasteiger partial charge in [-0.2, -0.15) is 0 Å². The zero-order valence-corrected chi connectivity index (χ0v) is 13.6. The first-order valence-corrected chi connectivity index (χ1v) is 8.38. The summed E-state index contributed by atoms with van der Waals surface area (Å²) in [6.45, 7) is 2.11. The highest BCUT2D eigenvalue weighted by Gasteiger charge is 2.27. The van der Waals surface area contributed by atoms with E-state index >= 15 is 0 Å². The highest BCUT2D eigenvalue weighted by Crippen LogP contribution is 2.37. The lowest BCUT2D eigenvalue weighted by Crippen LogP contribution is -2.24. The van der Waals surface area contributed by atoms with Crippen LogP contribution < -0.4 is 5.32 Å². The van der Waals surface area contributed by atoms with Gasteiger partial charge in [0.2, 0.25) is 5.91 Å². The number of anilines is 1. The number of esters is 1. The van der Waals surface area contributed by atoms with E-state index in [0.29, 0.717) is 17.9 Å². The number of carbonyl (C=O) groups is 2. The molecule has 5 heteroatoms. The van der Waals surface area contributed by atoms with Crippen molar-refractivity contribution in [2.75, 3.05) is 11.9 Å². The third-order valence-electron chi connectivity index (χ3n) is 3.60. The van der Waals surface area contributed by atoms with Crippen LogP contribution in [0.2, 0.25) is 0 Å². The molecule has 1 amide bonds. The van der Waals surface area contributed by atoms with Crippen molar-refractivity contribution in [1.29, 1.82) is 0 Å². The molecule has 2 aromatic rings. The van der Waals surface area contributed by atoms with Gasteiger partial charge in [-0.25, -0.2) is 4.79 Å². The van der Waals surface area contributed by atoms with Gasteiger partial charge in [-0.15, -0.1) is 11.8 Å². The van der Waals surface area contributed by atoms with Crippen molar-refractivity contribution in [1.82, 2.24) is 0 Å². The third kappa shape index (κ3) is 3.56. The zero-order valence-electron chi connectivity index (χ0n) is 12.7. The molecule has 0 aliphatic carbocycles. The summed E-state index contributed by atoms with van der Waals surface area (Å²) in [7, 11) is 0. The van der Waals surface area contributed by atoms with E-state index in [0.717, 1.165) is 6.42 Å². The van der Waals surface area contributed by atoms with Crippen LogP contribution >= 0.6 is 11.8 Å². The predicted octanol–water partition coefficient (Wildman–Crippen LogP) is 3.52. The van der Waals surface area contributed by atoms with E-state index in [4.69, 9.17) is 4.74 Å². The number of carbonyl (C=O) groups excluding carboxylic acids is 2. The van der Waals surface area contributed by atoms with Gasteiger partial charge in [0.05, 0.1) is 17.4 Å². The minimum absolute atomic E-state index is 0.0184. The van der Waals surface area contributed by atoms with Gasteiger partial charge in [0.25, 0.3) is 0 Å². The first-order chi connectivity index (χ1) is 11.2. The SMILES string of the molecule is CCOC(=O)c1ccc(NC(=O)C2Cc3ccccc3S2)cc1. The number of hydrogen-bond acceptors (Lipinski definition) is 4. The molecule has 0 saturated carbocycles. The van der Waals surface area contributed by atoms with Crippen LogP contribution in [0.5, 0.6) is 0 Å². The number of thioether (sulfide) groups is 1. The fraction of sp³-hybridized carbons (Fsp3) is 0.222. The summed E-state index contributed by atoms with van der Waals surface area (Å²) >= 11 is 1.59. The van der Waals surface area contributed by atoms with Gasteiger partial charge in [-0.3, -0.25) is 4.79 Å². The summed E-state index contributed by atoms with van der Waals surface area (Å²) in [6, 6.07) is 14.8. The van der Waals surface area contributed by atoms with E-state index in [-0.39, 0.29) is 17.1 Å². The summed E-state index contributed by atoms with van der Waals surface area (Å²) in [5.41, 5.74) is 2.38. The summed E-state index contributed by atoms with van der Waals surface area (Å²) in [4.78, 5) is 25.2. The second-order valence-corrected chi connectivity index (χ2v) is 6.45.